The van der Waals surface area contributed by atoms with Crippen LogP contribution in [-0.4, -0.2) is 56.4 Å². The first-order valence-electron chi connectivity index (χ1n) is 30.9. The summed E-state index contributed by atoms with van der Waals surface area (Å²) in [6.07, 6.45) is 0. The van der Waals surface area contributed by atoms with Crippen molar-refractivity contribution in [2.45, 2.75) is 158 Å². The van der Waals surface area contributed by atoms with Crippen LogP contribution in [0.2, 0.25) is 10.0 Å². The zero-order chi connectivity index (χ0) is 61.8. The van der Waals surface area contributed by atoms with E-state index >= 15 is 0 Å². The molecule has 0 bridgehead atoms. The second-order valence-electron chi connectivity index (χ2n) is 27.0. The number of benzene rings is 8. The SMILES string of the molecule is CC(C)c1cc(P(c2cc(C(C)C)c(N(C)C)c(C(C)C)c2)c2ccc3ccccc3c2-c2c(P(c3cc(C(C)C)c(N(C)C)c(C(C)C)c3)c3cc(C(C)C)c(N(C)C)c(C(C)C)c3)c(Cl)c(Cl)c3ccccc23)cc(C(C)C)c1N(C)C. The monoisotopic (exact) mass is 1200 g/mol. The molecule has 0 heterocycles. The van der Waals surface area contributed by atoms with Gasteiger partial charge < -0.3 is 19.6 Å². The van der Waals surface area contributed by atoms with E-state index < -0.39 is 15.8 Å². The first-order chi connectivity index (χ1) is 39.5. The summed E-state index contributed by atoms with van der Waals surface area (Å²) >= 11 is 16.5. The molecule has 0 amide bonds. The lowest BCUT2D eigenvalue weighted by molar-refractivity contribution is 0.824. The summed E-state index contributed by atoms with van der Waals surface area (Å²) < 4.78 is 0. The van der Waals surface area contributed by atoms with Gasteiger partial charge in [0.2, 0.25) is 0 Å². The molecule has 8 aromatic carbocycles. The fourth-order valence-electron chi connectivity index (χ4n) is 13.1. The van der Waals surface area contributed by atoms with Crippen LogP contribution >= 0.6 is 39.0 Å². The fourth-order valence-corrected chi connectivity index (χ4v) is 19.1. The minimum Gasteiger partial charge on any atom is -0.377 e. The maximum Gasteiger partial charge on any atom is 0.0688 e. The predicted molar refractivity (Wildman–Crippen MR) is 384 cm³/mol. The van der Waals surface area contributed by atoms with Gasteiger partial charge in [-0.05, 0) is 204 Å². The summed E-state index contributed by atoms with van der Waals surface area (Å²) in [6.45, 7) is 37.8. The third-order valence-electron chi connectivity index (χ3n) is 17.1. The average Bonchev–Trinajstić information content (AvgIpc) is 0.903. The maximum atomic E-state index is 8.49. The van der Waals surface area contributed by atoms with Crippen LogP contribution in [0.3, 0.4) is 0 Å². The van der Waals surface area contributed by atoms with Crippen LogP contribution in [0.1, 0.15) is 203 Å². The van der Waals surface area contributed by atoms with E-state index in [1.165, 1.54) is 116 Å². The van der Waals surface area contributed by atoms with Crippen molar-refractivity contribution in [1.82, 2.24) is 0 Å². The van der Waals surface area contributed by atoms with Gasteiger partial charge in [-0.1, -0.05) is 195 Å². The summed E-state index contributed by atoms with van der Waals surface area (Å²) in [7, 11) is 15.0. The number of rotatable bonds is 19. The van der Waals surface area contributed by atoms with Crippen molar-refractivity contribution < 1.29 is 0 Å². The molecule has 0 fully saturated rings. The molecule has 0 unspecified atom stereocenters. The van der Waals surface area contributed by atoms with Gasteiger partial charge in [-0.15, -0.1) is 0 Å². The Balaban J connectivity index is 1.72. The quantitative estimate of drug-likeness (QED) is 0.0748. The third-order valence-corrected chi connectivity index (χ3v) is 23.0. The zero-order valence-corrected chi connectivity index (χ0v) is 58.8. The van der Waals surface area contributed by atoms with Gasteiger partial charge in [-0.3, -0.25) is 0 Å². The van der Waals surface area contributed by atoms with Crippen LogP contribution in [0.25, 0.3) is 32.7 Å². The highest BCUT2D eigenvalue weighted by Gasteiger charge is 2.36. The fraction of sp³-hybridized carbons (Fsp3) is 0.421. The summed E-state index contributed by atoms with van der Waals surface area (Å²) in [5, 5.41) is 13.4. The maximum absolute atomic E-state index is 8.49. The molecular formula is C76H98Cl2N4P2. The summed E-state index contributed by atoms with van der Waals surface area (Å²) in [5.74, 6) is 2.15. The number of hydrogen-bond donors (Lipinski definition) is 0. The predicted octanol–water partition coefficient (Wildman–Crippen LogP) is 19.7. The molecule has 0 radical (unpaired) electrons. The lowest BCUT2D eigenvalue weighted by atomic mass is 9.92. The largest absolute Gasteiger partial charge is 0.377 e. The first-order valence-corrected chi connectivity index (χ1v) is 34.4. The van der Waals surface area contributed by atoms with Crippen LogP contribution in [0, 0.1) is 0 Å². The van der Waals surface area contributed by atoms with Gasteiger partial charge in [-0.25, -0.2) is 0 Å². The molecule has 8 aromatic rings. The van der Waals surface area contributed by atoms with Gasteiger partial charge in [0.1, 0.15) is 0 Å². The van der Waals surface area contributed by atoms with Gasteiger partial charge in [-0.2, -0.15) is 0 Å². The van der Waals surface area contributed by atoms with Crippen LogP contribution in [0.4, 0.5) is 22.7 Å². The molecule has 0 saturated heterocycles. The molecule has 0 N–H and O–H groups in total. The number of anilines is 4. The van der Waals surface area contributed by atoms with Crippen molar-refractivity contribution in [3.05, 3.63) is 164 Å². The van der Waals surface area contributed by atoms with Gasteiger partial charge >= 0.3 is 0 Å². The molecule has 84 heavy (non-hydrogen) atoms. The average molecular weight is 1200 g/mol. The van der Waals surface area contributed by atoms with Crippen LogP contribution in [0.5, 0.6) is 0 Å². The Bertz CT molecular complexity index is 3440. The van der Waals surface area contributed by atoms with E-state index in [0.717, 1.165) is 16.1 Å². The molecule has 8 heteroatoms. The van der Waals surface area contributed by atoms with Gasteiger partial charge in [0.15, 0.2) is 0 Å². The Morgan fingerprint density at radius 1 is 0.298 bits per heavy atom. The lowest BCUT2D eigenvalue weighted by Crippen LogP contribution is -2.30. The molecule has 4 nitrogen and oxygen atoms in total. The van der Waals surface area contributed by atoms with Gasteiger partial charge in [0.05, 0.1) is 10.0 Å². The van der Waals surface area contributed by atoms with Crippen LogP contribution in [0.15, 0.2) is 109 Å². The molecule has 446 valence electrons. The van der Waals surface area contributed by atoms with Crippen molar-refractivity contribution in [3.8, 4) is 11.1 Å². The Morgan fingerprint density at radius 2 is 0.571 bits per heavy atom. The van der Waals surface area contributed by atoms with E-state index in [-0.39, 0.29) is 47.3 Å². The van der Waals surface area contributed by atoms with Crippen molar-refractivity contribution in [1.29, 1.82) is 0 Å². The highest BCUT2D eigenvalue weighted by atomic mass is 35.5. The van der Waals surface area contributed by atoms with Crippen LogP contribution < -0.4 is 51.4 Å². The summed E-state index contributed by atoms with van der Waals surface area (Å²) in [6, 6.07) is 43.5. The molecule has 0 spiro atoms. The molecule has 0 aliphatic carbocycles. The highest BCUT2D eigenvalue weighted by Crippen LogP contribution is 2.53. The van der Waals surface area contributed by atoms with E-state index in [9.17, 15) is 0 Å². The van der Waals surface area contributed by atoms with Crippen molar-refractivity contribution >= 4 is 115 Å². The van der Waals surface area contributed by atoms with Gasteiger partial charge in [0.25, 0.3) is 0 Å². The standard InChI is InChI=1S/C76H98Cl2N4P2/c1-43(2)59-35-52(36-60(44(3)4)72(59)79(17)18)83(53-37-61(45(5)6)73(80(19)20)62(38-53)46(7)8)67-34-33-51-29-25-26-30-56(51)68(67)69-57-31-27-28-32-58(57)70(77)71(78)76(69)84(54-39-63(47(9)10)74(81(21)22)64(40-54)48(11)12)55-41-65(49(13)14)75(82(23)24)66(42-55)50(15)16/h25-50H,1-24H3. The molecule has 8 rings (SSSR count). The van der Waals surface area contributed by atoms with E-state index in [2.05, 4.69) is 296 Å². The van der Waals surface area contributed by atoms with Crippen molar-refractivity contribution in [3.63, 3.8) is 0 Å². The topological polar surface area (TPSA) is 13.0 Å². The second kappa shape index (κ2) is 26.1. The number of fused-ring (bicyclic) bond motifs is 2. The van der Waals surface area contributed by atoms with Gasteiger partial charge in [0, 0.05) is 95.4 Å². The number of halogens is 2. The smallest absolute Gasteiger partial charge is 0.0688 e. The molecule has 0 saturated carbocycles. The Morgan fingerprint density at radius 3 is 0.869 bits per heavy atom. The van der Waals surface area contributed by atoms with Crippen LogP contribution in [-0.2, 0) is 0 Å². The van der Waals surface area contributed by atoms with Crippen molar-refractivity contribution in [2.75, 3.05) is 76.0 Å². The van der Waals surface area contributed by atoms with E-state index in [4.69, 9.17) is 23.2 Å². The molecule has 0 atom stereocenters. The minimum absolute atomic E-state index is 0.254. The number of nitrogens with zero attached hydrogens (tertiary/aromatic N) is 4. The highest BCUT2D eigenvalue weighted by molar-refractivity contribution is 7.81. The lowest BCUT2D eigenvalue weighted by Gasteiger charge is -2.34. The Labute approximate surface area is 520 Å². The molecular weight excluding hydrogens is 1100 g/mol. The Kier molecular flexibility index (Phi) is 20.2. The zero-order valence-electron chi connectivity index (χ0n) is 55.5. The summed E-state index contributed by atoms with van der Waals surface area (Å²) in [4.78, 5) is 9.39. The third kappa shape index (κ3) is 12.3. The van der Waals surface area contributed by atoms with E-state index in [1.54, 1.807) is 0 Å². The Hall–Kier alpha value is -5.08. The van der Waals surface area contributed by atoms with E-state index in [0.29, 0.717) is 10.0 Å². The van der Waals surface area contributed by atoms with Crippen molar-refractivity contribution in [2.24, 2.45) is 0 Å². The normalized spacial score (nSPS) is 12.3. The summed E-state index contributed by atoms with van der Waals surface area (Å²) in [5.41, 5.74) is 18.6. The number of hydrogen-bond acceptors (Lipinski definition) is 4. The molecule has 0 aromatic heterocycles. The van der Waals surface area contributed by atoms with E-state index in [1.807, 2.05) is 0 Å². The first kappa shape index (κ1) is 64.9. The minimum atomic E-state index is -1.46. The molecule has 0 aliphatic rings. The molecule has 0 aliphatic heterocycles. The second-order valence-corrected chi connectivity index (χ2v) is 32.0.